The van der Waals surface area contributed by atoms with Gasteiger partial charge in [0.1, 0.15) is 5.76 Å². The molecule has 0 bridgehead atoms. The van der Waals surface area contributed by atoms with Crippen molar-refractivity contribution in [2.75, 3.05) is 6.54 Å². The minimum absolute atomic E-state index is 0.633. The van der Waals surface area contributed by atoms with E-state index < -0.39 is 0 Å². The third-order valence-electron chi connectivity index (χ3n) is 3.52. The molecule has 0 unspecified atom stereocenters. The van der Waals surface area contributed by atoms with Crippen LogP contribution in [0.15, 0.2) is 40.8 Å². The number of allylic oxidation sites excluding steroid dienone is 2. The van der Waals surface area contributed by atoms with Crippen molar-refractivity contribution in [3.05, 3.63) is 64.0 Å². The van der Waals surface area contributed by atoms with E-state index in [2.05, 4.69) is 21.2 Å². The Labute approximate surface area is 134 Å². The first-order chi connectivity index (χ1) is 10.5. The van der Waals surface area contributed by atoms with E-state index in [1.165, 1.54) is 0 Å². The number of halogens is 1. The van der Waals surface area contributed by atoms with Gasteiger partial charge in [0, 0.05) is 29.2 Å². The molecule has 0 atom stereocenters. The number of hydrogen-bond acceptors (Lipinski definition) is 5. The highest BCUT2D eigenvalue weighted by atomic mass is 35.5. The molecular weight excluding hydrogens is 300 g/mol. The van der Waals surface area contributed by atoms with Crippen molar-refractivity contribution >= 4 is 17.2 Å². The van der Waals surface area contributed by atoms with Crippen LogP contribution in [0.1, 0.15) is 22.7 Å². The van der Waals surface area contributed by atoms with Crippen LogP contribution in [0, 0.1) is 13.8 Å². The summed E-state index contributed by atoms with van der Waals surface area (Å²) in [5, 5.41) is 4.64. The molecule has 0 saturated carbocycles. The summed E-state index contributed by atoms with van der Waals surface area (Å²) in [6, 6.07) is 3.76. The summed E-state index contributed by atoms with van der Waals surface area (Å²) in [5.41, 5.74) is 10.7. The lowest BCUT2D eigenvalue weighted by Crippen LogP contribution is -2.26. The molecule has 6 heteroatoms. The van der Waals surface area contributed by atoms with Crippen LogP contribution >= 0.6 is 11.6 Å². The Morgan fingerprint density at radius 2 is 2.18 bits per heavy atom. The van der Waals surface area contributed by atoms with E-state index in [0.717, 1.165) is 34.0 Å². The first kappa shape index (κ1) is 14.7. The van der Waals surface area contributed by atoms with E-state index in [9.17, 15) is 0 Å². The van der Waals surface area contributed by atoms with Gasteiger partial charge in [-0.1, -0.05) is 16.8 Å². The van der Waals surface area contributed by atoms with Gasteiger partial charge in [0.15, 0.2) is 0 Å². The van der Waals surface area contributed by atoms with Gasteiger partial charge in [0.2, 0.25) is 0 Å². The third kappa shape index (κ3) is 2.99. The number of nitrogens with two attached hydrogens (primary N) is 1. The van der Waals surface area contributed by atoms with E-state index >= 15 is 0 Å². The van der Waals surface area contributed by atoms with Gasteiger partial charge in [-0.3, -0.25) is 4.98 Å². The molecule has 2 aromatic rings. The summed E-state index contributed by atoms with van der Waals surface area (Å²) >= 11 is 5.87. The number of pyridine rings is 1. The topological polar surface area (TPSA) is 68.2 Å². The number of rotatable bonds is 3. The molecule has 114 valence electrons. The maximum Gasteiger partial charge on any atom is 0.141 e. The second-order valence-electron chi connectivity index (χ2n) is 5.38. The largest absolute Gasteiger partial charge is 0.401 e. The highest BCUT2D eigenvalue weighted by Gasteiger charge is 2.18. The lowest BCUT2D eigenvalue weighted by Gasteiger charge is -2.25. The van der Waals surface area contributed by atoms with Gasteiger partial charge in [-0.15, -0.1) is 0 Å². The van der Waals surface area contributed by atoms with E-state index in [1.54, 1.807) is 6.20 Å². The minimum atomic E-state index is 0.633. The normalized spacial score (nSPS) is 14.8. The predicted molar refractivity (Wildman–Crippen MR) is 85.9 cm³/mol. The zero-order valence-electron chi connectivity index (χ0n) is 12.5. The second-order valence-corrected chi connectivity index (χ2v) is 5.81. The number of hydrogen-bond donors (Lipinski definition) is 1. The van der Waals surface area contributed by atoms with Crippen LogP contribution in [0.2, 0.25) is 5.02 Å². The van der Waals surface area contributed by atoms with E-state index in [0.29, 0.717) is 18.1 Å². The van der Waals surface area contributed by atoms with Crippen molar-refractivity contribution in [3.8, 4) is 0 Å². The average molecular weight is 317 g/mol. The fourth-order valence-electron chi connectivity index (χ4n) is 2.60. The zero-order valence-corrected chi connectivity index (χ0v) is 13.3. The maximum atomic E-state index is 6.09. The molecule has 0 aromatic carbocycles. The minimum Gasteiger partial charge on any atom is -0.401 e. The predicted octanol–water partition coefficient (Wildman–Crippen LogP) is 3.04. The quantitative estimate of drug-likeness (QED) is 0.942. The molecule has 0 radical (unpaired) electrons. The molecule has 3 heterocycles. The van der Waals surface area contributed by atoms with Crippen LogP contribution in [0.5, 0.6) is 0 Å². The Balaban J connectivity index is 1.88. The molecule has 5 nitrogen and oxygen atoms in total. The van der Waals surface area contributed by atoms with Crippen LogP contribution in [0.3, 0.4) is 0 Å². The molecular formula is C16H17ClN4O. The Morgan fingerprint density at radius 3 is 2.82 bits per heavy atom. The van der Waals surface area contributed by atoms with Crippen LogP contribution in [0.25, 0.3) is 5.57 Å². The lowest BCUT2D eigenvalue weighted by atomic mass is 10.0. The monoisotopic (exact) mass is 316 g/mol. The molecule has 0 saturated heterocycles. The fraction of sp³-hybridized carbons (Fsp3) is 0.250. The molecule has 1 aliphatic heterocycles. The highest BCUT2D eigenvalue weighted by Crippen LogP contribution is 2.27. The molecule has 2 aromatic heterocycles. The summed E-state index contributed by atoms with van der Waals surface area (Å²) in [7, 11) is 0. The molecule has 1 aliphatic rings. The van der Waals surface area contributed by atoms with Gasteiger partial charge >= 0.3 is 0 Å². The highest BCUT2D eigenvalue weighted by molar-refractivity contribution is 6.30. The molecule has 0 spiro atoms. The van der Waals surface area contributed by atoms with Crippen molar-refractivity contribution in [2.24, 2.45) is 5.73 Å². The average Bonchev–Trinajstić information content (AvgIpc) is 2.80. The smallest absolute Gasteiger partial charge is 0.141 e. The SMILES string of the molecule is Cc1noc(C)c1C1=CN(Cc2ccc(Cl)cn2)CC(N)=C1. The van der Waals surface area contributed by atoms with Gasteiger partial charge in [-0.05, 0) is 32.1 Å². The van der Waals surface area contributed by atoms with E-state index in [-0.39, 0.29) is 0 Å². The van der Waals surface area contributed by atoms with Crippen molar-refractivity contribution < 1.29 is 4.52 Å². The van der Waals surface area contributed by atoms with E-state index in [1.807, 2.05) is 32.1 Å². The standard InChI is InChI=1S/C16H17ClN4O/c1-10-16(11(2)22-20-10)12-5-14(18)8-21(7-12)9-15-4-3-13(17)6-19-15/h3-7H,8-9,18H2,1-2H3. The summed E-state index contributed by atoms with van der Waals surface area (Å²) < 4.78 is 5.24. The maximum absolute atomic E-state index is 6.09. The lowest BCUT2D eigenvalue weighted by molar-refractivity contribution is 0.389. The third-order valence-corrected chi connectivity index (χ3v) is 3.75. The number of aromatic nitrogens is 2. The van der Waals surface area contributed by atoms with E-state index in [4.69, 9.17) is 21.9 Å². The zero-order chi connectivity index (χ0) is 15.7. The van der Waals surface area contributed by atoms with Gasteiger partial charge in [-0.2, -0.15) is 0 Å². The van der Waals surface area contributed by atoms with Crippen LogP contribution < -0.4 is 5.73 Å². The molecule has 0 aliphatic carbocycles. The van der Waals surface area contributed by atoms with Gasteiger partial charge in [0.25, 0.3) is 0 Å². The van der Waals surface area contributed by atoms with Crippen molar-refractivity contribution in [2.45, 2.75) is 20.4 Å². The van der Waals surface area contributed by atoms with Crippen molar-refractivity contribution in [1.29, 1.82) is 0 Å². The van der Waals surface area contributed by atoms with Gasteiger partial charge in [0.05, 0.1) is 29.5 Å². The molecule has 3 rings (SSSR count). The number of nitrogens with zero attached hydrogens (tertiary/aromatic N) is 3. The van der Waals surface area contributed by atoms with Crippen LogP contribution in [0.4, 0.5) is 0 Å². The summed E-state index contributed by atoms with van der Waals surface area (Å²) in [6.45, 7) is 5.16. The summed E-state index contributed by atoms with van der Waals surface area (Å²) in [6.07, 6.45) is 5.69. The summed E-state index contributed by atoms with van der Waals surface area (Å²) in [5.74, 6) is 0.791. The van der Waals surface area contributed by atoms with Crippen LogP contribution in [-0.2, 0) is 6.54 Å². The Morgan fingerprint density at radius 1 is 1.36 bits per heavy atom. The Kier molecular flexibility index (Phi) is 3.90. The Hall–Kier alpha value is -2.27. The summed E-state index contributed by atoms with van der Waals surface area (Å²) in [4.78, 5) is 6.44. The first-order valence-corrected chi connectivity index (χ1v) is 7.36. The van der Waals surface area contributed by atoms with Gasteiger partial charge in [-0.25, -0.2) is 0 Å². The van der Waals surface area contributed by atoms with Gasteiger partial charge < -0.3 is 15.2 Å². The molecule has 0 fully saturated rings. The van der Waals surface area contributed by atoms with Crippen molar-refractivity contribution in [1.82, 2.24) is 15.0 Å². The van der Waals surface area contributed by atoms with Crippen LogP contribution in [-0.4, -0.2) is 21.6 Å². The molecule has 22 heavy (non-hydrogen) atoms. The molecule has 0 amide bonds. The molecule has 2 N–H and O–H groups in total. The van der Waals surface area contributed by atoms with Crippen molar-refractivity contribution in [3.63, 3.8) is 0 Å². The Bertz CT molecular complexity index is 727. The number of aryl methyl sites for hydroxylation is 2. The fourth-order valence-corrected chi connectivity index (χ4v) is 2.71. The first-order valence-electron chi connectivity index (χ1n) is 6.98. The second kappa shape index (κ2) is 5.85.